The maximum atomic E-state index is 10.1. The summed E-state index contributed by atoms with van der Waals surface area (Å²) >= 11 is 0. The van der Waals surface area contributed by atoms with Crippen LogP contribution in [0.2, 0.25) is 0 Å². The molecule has 1 heterocycles. The number of nitriles is 1. The fourth-order valence-electron chi connectivity index (χ4n) is 2.09. The second-order valence-electron chi connectivity index (χ2n) is 4.27. The molecule has 4 heteroatoms. The van der Waals surface area contributed by atoms with E-state index in [1.54, 1.807) is 0 Å². The van der Waals surface area contributed by atoms with Crippen LogP contribution in [0, 0.1) is 11.3 Å². The van der Waals surface area contributed by atoms with Gasteiger partial charge in [0.15, 0.2) is 0 Å². The molecule has 17 heavy (non-hydrogen) atoms. The van der Waals surface area contributed by atoms with Crippen LogP contribution >= 0.6 is 0 Å². The van der Waals surface area contributed by atoms with Crippen molar-refractivity contribution in [2.75, 3.05) is 26.2 Å². The molecular formula is C13H17N3O. The highest BCUT2D eigenvalue weighted by Gasteiger charge is 2.24. The van der Waals surface area contributed by atoms with Gasteiger partial charge in [-0.3, -0.25) is 4.90 Å². The molecule has 1 aliphatic heterocycles. The fourth-order valence-corrected chi connectivity index (χ4v) is 2.09. The van der Waals surface area contributed by atoms with E-state index in [2.05, 4.69) is 11.4 Å². The first-order valence-electron chi connectivity index (χ1n) is 5.88. The molecule has 2 unspecified atom stereocenters. The molecule has 4 nitrogen and oxygen atoms in total. The van der Waals surface area contributed by atoms with Gasteiger partial charge in [0.1, 0.15) is 6.04 Å². The van der Waals surface area contributed by atoms with Crippen molar-refractivity contribution in [3.63, 3.8) is 0 Å². The minimum absolute atomic E-state index is 0.137. The first-order chi connectivity index (χ1) is 8.31. The van der Waals surface area contributed by atoms with E-state index in [1.807, 2.05) is 35.2 Å². The van der Waals surface area contributed by atoms with Gasteiger partial charge in [0, 0.05) is 26.2 Å². The van der Waals surface area contributed by atoms with Gasteiger partial charge in [0.25, 0.3) is 0 Å². The second-order valence-corrected chi connectivity index (χ2v) is 4.27. The lowest BCUT2D eigenvalue weighted by molar-refractivity contribution is 0.0893. The molecule has 90 valence electrons. The quantitative estimate of drug-likeness (QED) is 0.796. The van der Waals surface area contributed by atoms with E-state index in [9.17, 15) is 5.11 Å². The Morgan fingerprint density at radius 1 is 1.47 bits per heavy atom. The van der Waals surface area contributed by atoms with Crippen molar-refractivity contribution >= 4 is 0 Å². The molecule has 0 amide bonds. The zero-order valence-electron chi connectivity index (χ0n) is 9.71. The number of rotatable bonds is 3. The first kappa shape index (κ1) is 12.1. The Bertz CT molecular complexity index is 387. The summed E-state index contributed by atoms with van der Waals surface area (Å²) in [5, 5.41) is 22.3. The van der Waals surface area contributed by atoms with Crippen LogP contribution in [0.15, 0.2) is 30.3 Å². The number of benzene rings is 1. The van der Waals surface area contributed by atoms with E-state index in [0.29, 0.717) is 13.1 Å². The number of hydrogen-bond acceptors (Lipinski definition) is 4. The van der Waals surface area contributed by atoms with Crippen molar-refractivity contribution in [1.29, 1.82) is 5.26 Å². The lowest BCUT2D eigenvalue weighted by Gasteiger charge is -2.33. The number of nitrogens with zero attached hydrogens (tertiary/aromatic N) is 2. The van der Waals surface area contributed by atoms with Gasteiger partial charge in [-0.2, -0.15) is 5.26 Å². The van der Waals surface area contributed by atoms with Crippen LogP contribution in [0.4, 0.5) is 0 Å². The summed E-state index contributed by atoms with van der Waals surface area (Å²) in [6.45, 7) is 2.88. The van der Waals surface area contributed by atoms with E-state index in [0.717, 1.165) is 18.7 Å². The smallest absolute Gasteiger partial charge is 0.110 e. The Balaban J connectivity index is 1.98. The highest BCUT2D eigenvalue weighted by Crippen LogP contribution is 2.15. The third-order valence-electron chi connectivity index (χ3n) is 3.10. The van der Waals surface area contributed by atoms with Crippen LogP contribution in [-0.4, -0.2) is 42.2 Å². The number of aliphatic hydroxyl groups is 1. The zero-order chi connectivity index (χ0) is 12.1. The van der Waals surface area contributed by atoms with Crippen LogP contribution in [0.1, 0.15) is 11.7 Å². The van der Waals surface area contributed by atoms with Gasteiger partial charge < -0.3 is 10.4 Å². The molecule has 1 fully saturated rings. The van der Waals surface area contributed by atoms with E-state index in [-0.39, 0.29) is 6.04 Å². The van der Waals surface area contributed by atoms with E-state index < -0.39 is 6.10 Å². The molecule has 1 aliphatic rings. The number of nitrogens with one attached hydrogen (secondary N) is 1. The summed E-state index contributed by atoms with van der Waals surface area (Å²) in [4.78, 5) is 2.04. The molecule has 0 saturated carbocycles. The van der Waals surface area contributed by atoms with Gasteiger partial charge in [-0.05, 0) is 5.56 Å². The van der Waals surface area contributed by atoms with Gasteiger partial charge in [0.2, 0.25) is 0 Å². The summed E-state index contributed by atoms with van der Waals surface area (Å²) in [6, 6.07) is 11.7. The molecule has 2 rings (SSSR count). The van der Waals surface area contributed by atoms with E-state index in [4.69, 9.17) is 5.26 Å². The average Bonchev–Trinajstić information content (AvgIpc) is 2.40. The van der Waals surface area contributed by atoms with Crippen molar-refractivity contribution in [3.05, 3.63) is 35.9 Å². The van der Waals surface area contributed by atoms with Crippen LogP contribution in [-0.2, 0) is 0 Å². The summed E-state index contributed by atoms with van der Waals surface area (Å²) in [6.07, 6.45) is -0.523. The highest BCUT2D eigenvalue weighted by molar-refractivity contribution is 5.17. The highest BCUT2D eigenvalue weighted by atomic mass is 16.3. The average molecular weight is 231 g/mol. The van der Waals surface area contributed by atoms with Crippen LogP contribution in [0.5, 0.6) is 0 Å². The SMILES string of the molecule is N#CC1CNCCN1CC(O)c1ccccc1. The Morgan fingerprint density at radius 2 is 2.24 bits per heavy atom. The largest absolute Gasteiger partial charge is 0.387 e. The lowest BCUT2D eigenvalue weighted by atomic mass is 10.1. The maximum absolute atomic E-state index is 10.1. The molecule has 2 N–H and O–H groups in total. The van der Waals surface area contributed by atoms with Crippen LogP contribution in [0.3, 0.4) is 0 Å². The van der Waals surface area contributed by atoms with E-state index >= 15 is 0 Å². The van der Waals surface area contributed by atoms with Gasteiger partial charge in [-0.15, -0.1) is 0 Å². The molecule has 0 aliphatic carbocycles. The Labute approximate surface area is 101 Å². The normalized spacial score (nSPS) is 22.9. The molecule has 1 saturated heterocycles. The molecule has 0 aromatic heterocycles. The van der Waals surface area contributed by atoms with Gasteiger partial charge in [0.05, 0.1) is 12.2 Å². The van der Waals surface area contributed by atoms with Gasteiger partial charge in [-0.1, -0.05) is 30.3 Å². The number of aliphatic hydroxyl groups excluding tert-OH is 1. The summed E-state index contributed by atoms with van der Waals surface area (Å²) in [5.74, 6) is 0. The molecule has 0 bridgehead atoms. The first-order valence-corrected chi connectivity index (χ1v) is 5.88. The zero-order valence-corrected chi connectivity index (χ0v) is 9.71. The molecule has 0 radical (unpaired) electrons. The molecule has 0 spiro atoms. The minimum atomic E-state index is -0.523. The Hall–Kier alpha value is -1.41. The van der Waals surface area contributed by atoms with Gasteiger partial charge >= 0.3 is 0 Å². The van der Waals surface area contributed by atoms with E-state index in [1.165, 1.54) is 0 Å². The minimum Gasteiger partial charge on any atom is -0.387 e. The molecular weight excluding hydrogens is 214 g/mol. The van der Waals surface area contributed by atoms with Crippen molar-refractivity contribution in [1.82, 2.24) is 10.2 Å². The summed E-state index contributed by atoms with van der Waals surface area (Å²) in [5.41, 5.74) is 0.905. The van der Waals surface area contributed by atoms with Crippen LogP contribution < -0.4 is 5.32 Å². The predicted octanol–water partition coefficient (Wildman–Crippen LogP) is 0.517. The van der Waals surface area contributed by atoms with Crippen molar-refractivity contribution < 1.29 is 5.11 Å². The number of hydrogen-bond donors (Lipinski definition) is 2. The molecule has 1 aromatic carbocycles. The summed E-state index contributed by atoms with van der Waals surface area (Å²) in [7, 11) is 0. The maximum Gasteiger partial charge on any atom is 0.110 e. The standard InChI is InChI=1S/C13H17N3O/c14-8-12-9-15-6-7-16(12)10-13(17)11-4-2-1-3-5-11/h1-5,12-13,15,17H,6-7,9-10H2. The topological polar surface area (TPSA) is 59.3 Å². The third kappa shape index (κ3) is 3.04. The van der Waals surface area contributed by atoms with Crippen molar-refractivity contribution in [2.24, 2.45) is 0 Å². The van der Waals surface area contributed by atoms with Crippen molar-refractivity contribution in [3.8, 4) is 6.07 Å². The Kier molecular flexibility index (Phi) is 4.10. The fraction of sp³-hybridized carbons (Fsp3) is 0.462. The van der Waals surface area contributed by atoms with Crippen LogP contribution in [0.25, 0.3) is 0 Å². The second kappa shape index (κ2) is 5.78. The third-order valence-corrected chi connectivity index (χ3v) is 3.10. The number of piperazine rings is 1. The number of β-amino-alcohol motifs (C(OH)–C–C–N with tert-alkyl or cyclic N) is 1. The molecule has 1 aromatic rings. The lowest BCUT2D eigenvalue weighted by Crippen LogP contribution is -2.51. The molecule has 2 atom stereocenters. The monoisotopic (exact) mass is 231 g/mol. The predicted molar refractivity (Wildman–Crippen MR) is 65.2 cm³/mol. The van der Waals surface area contributed by atoms with Crippen molar-refractivity contribution in [2.45, 2.75) is 12.1 Å². The Morgan fingerprint density at radius 3 is 2.94 bits per heavy atom. The van der Waals surface area contributed by atoms with Gasteiger partial charge in [-0.25, -0.2) is 0 Å². The summed E-state index contributed by atoms with van der Waals surface area (Å²) < 4.78 is 0.